The van der Waals surface area contributed by atoms with Gasteiger partial charge in [0.1, 0.15) is 5.76 Å². The number of carbonyl (C=O) groups is 1. The van der Waals surface area contributed by atoms with Gasteiger partial charge in [0.15, 0.2) is 0 Å². The summed E-state index contributed by atoms with van der Waals surface area (Å²) in [6, 6.07) is 4.16. The van der Waals surface area contributed by atoms with Gasteiger partial charge in [0.2, 0.25) is 5.91 Å². The van der Waals surface area contributed by atoms with Gasteiger partial charge in [-0.2, -0.15) is 0 Å². The smallest absolute Gasteiger partial charge is 0.247 e. The van der Waals surface area contributed by atoms with Gasteiger partial charge in [-0.05, 0) is 44.9 Å². The van der Waals surface area contributed by atoms with Gasteiger partial charge in [-0.3, -0.25) is 4.79 Å². The molecule has 0 bridgehead atoms. The highest BCUT2D eigenvalue weighted by Gasteiger charge is 2.21. The van der Waals surface area contributed by atoms with Crippen LogP contribution < -0.4 is 0 Å². The largest absolute Gasteiger partial charge is 0.465 e. The summed E-state index contributed by atoms with van der Waals surface area (Å²) in [6.07, 6.45) is 6.85. The molecule has 0 saturated carbocycles. The maximum atomic E-state index is 12.2. The molecule has 0 N–H and O–H groups in total. The van der Waals surface area contributed by atoms with E-state index in [1.807, 2.05) is 17.0 Å². The Morgan fingerprint density at radius 2 is 1.94 bits per heavy atom. The molecule has 0 spiro atoms. The first kappa shape index (κ1) is 14.6. The summed E-state index contributed by atoms with van der Waals surface area (Å²) in [5, 5.41) is 0. The zero-order valence-electron chi connectivity index (χ0n) is 11.7. The lowest BCUT2D eigenvalue weighted by molar-refractivity contribution is -0.130. The second-order valence-electron chi connectivity index (χ2n) is 4.61. The number of hydrogen-bond acceptors (Lipinski definition) is 2. The van der Waals surface area contributed by atoms with Crippen molar-refractivity contribution in [2.24, 2.45) is 0 Å². The quantitative estimate of drug-likeness (QED) is 0.720. The van der Waals surface area contributed by atoms with Gasteiger partial charge in [0.25, 0.3) is 0 Å². The van der Waals surface area contributed by atoms with Crippen LogP contribution in [0, 0.1) is 0 Å². The molecule has 3 heteroatoms. The van der Waals surface area contributed by atoms with Crippen molar-refractivity contribution >= 4 is 12.0 Å². The van der Waals surface area contributed by atoms with Crippen LogP contribution in [0.15, 0.2) is 28.9 Å². The Kier molecular flexibility index (Phi) is 5.69. The predicted octanol–water partition coefficient (Wildman–Crippen LogP) is 3.72. The van der Waals surface area contributed by atoms with Crippen LogP contribution >= 0.6 is 0 Å². The van der Waals surface area contributed by atoms with Crippen molar-refractivity contribution in [2.75, 3.05) is 0 Å². The average molecular weight is 249 g/mol. The summed E-state index contributed by atoms with van der Waals surface area (Å²) in [4.78, 5) is 14.2. The zero-order chi connectivity index (χ0) is 13.5. The first-order valence-corrected chi connectivity index (χ1v) is 6.64. The van der Waals surface area contributed by atoms with Crippen molar-refractivity contribution in [3.8, 4) is 0 Å². The van der Waals surface area contributed by atoms with Crippen molar-refractivity contribution in [3.63, 3.8) is 0 Å². The highest BCUT2D eigenvalue weighted by Crippen LogP contribution is 2.13. The number of nitrogens with zero attached hydrogens (tertiary/aromatic N) is 1. The molecule has 3 nitrogen and oxygen atoms in total. The van der Waals surface area contributed by atoms with Crippen molar-refractivity contribution in [2.45, 2.75) is 52.6 Å². The van der Waals surface area contributed by atoms with Crippen LogP contribution in [0.25, 0.3) is 6.08 Å². The van der Waals surface area contributed by atoms with Crippen LogP contribution in [0.2, 0.25) is 0 Å². The molecule has 2 atom stereocenters. The summed E-state index contributed by atoms with van der Waals surface area (Å²) < 4.78 is 5.18. The van der Waals surface area contributed by atoms with Gasteiger partial charge in [-0.1, -0.05) is 13.8 Å². The van der Waals surface area contributed by atoms with Crippen LogP contribution in [0.4, 0.5) is 0 Å². The van der Waals surface area contributed by atoms with E-state index < -0.39 is 0 Å². The van der Waals surface area contributed by atoms with E-state index in [0.717, 1.165) is 12.8 Å². The fraction of sp³-hybridized carbons (Fsp3) is 0.533. The molecular formula is C15H23NO2. The van der Waals surface area contributed by atoms with Gasteiger partial charge in [-0.25, -0.2) is 0 Å². The highest BCUT2D eigenvalue weighted by molar-refractivity contribution is 5.91. The van der Waals surface area contributed by atoms with Gasteiger partial charge in [0, 0.05) is 18.2 Å². The van der Waals surface area contributed by atoms with Crippen molar-refractivity contribution in [1.29, 1.82) is 0 Å². The van der Waals surface area contributed by atoms with E-state index in [0.29, 0.717) is 5.76 Å². The third-order valence-electron chi connectivity index (χ3n) is 3.32. The summed E-state index contributed by atoms with van der Waals surface area (Å²) in [5.41, 5.74) is 0. The summed E-state index contributed by atoms with van der Waals surface area (Å²) in [7, 11) is 0. The second-order valence-corrected chi connectivity index (χ2v) is 4.61. The molecule has 0 radical (unpaired) electrons. The van der Waals surface area contributed by atoms with Crippen LogP contribution in [0.3, 0.4) is 0 Å². The van der Waals surface area contributed by atoms with Crippen molar-refractivity contribution in [1.82, 2.24) is 4.90 Å². The lowest BCUT2D eigenvalue weighted by Gasteiger charge is -2.33. The van der Waals surface area contributed by atoms with Crippen LogP contribution in [-0.2, 0) is 4.79 Å². The number of carbonyl (C=O) groups excluding carboxylic acids is 1. The summed E-state index contributed by atoms with van der Waals surface area (Å²) >= 11 is 0. The molecule has 1 aromatic rings. The maximum absolute atomic E-state index is 12.2. The molecule has 18 heavy (non-hydrogen) atoms. The van der Waals surface area contributed by atoms with E-state index in [9.17, 15) is 4.79 Å². The van der Waals surface area contributed by atoms with Gasteiger partial charge < -0.3 is 9.32 Å². The third kappa shape index (κ3) is 3.76. The molecule has 0 fully saturated rings. The van der Waals surface area contributed by atoms with Crippen LogP contribution in [0.1, 0.15) is 46.3 Å². The van der Waals surface area contributed by atoms with Crippen molar-refractivity contribution in [3.05, 3.63) is 30.2 Å². The Morgan fingerprint density at radius 1 is 1.33 bits per heavy atom. The Labute approximate surface area is 109 Å². The predicted molar refractivity (Wildman–Crippen MR) is 74.1 cm³/mol. The Balaban J connectivity index is 2.76. The van der Waals surface area contributed by atoms with E-state index in [4.69, 9.17) is 4.42 Å². The number of rotatable bonds is 6. The summed E-state index contributed by atoms with van der Waals surface area (Å²) in [5.74, 6) is 0.756. The SMILES string of the molecule is CCC(C)N(C(=O)C=Cc1ccco1)C(C)CC. The molecule has 100 valence electrons. The van der Waals surface area contributed by atoms with E-state index >= 15 is 0 Å². The minimum absolute atomic E-state index is 0.0510. The minimum Gasteiger partial charge on any atom is -0.465 e. The molecule has 1 rings (SSSR count). The lowest BCUT2D eigenvalue weighted by atomic mass is 10.1. The molecule has 1 amide bonds. The second kappa shape index (κ2) is 7.04. The fourth-order valence-corrected chi connectivity index (χ4v) is 1.89. The molecule has 1 heterocycles. The number of furan rings is 1. The normalized spacial score (nSPS) is 14.7. The van der Waals surface area contributed by atoms with Gasteiger partial charge in [-0.15, -0.1) is 0 Å². The molecule has 1 aromatic heterocycles. The molecule has 2 unspecified atom stereocenters. The summed E-state index contributed by atoms with van der Waals surface area (Å²) in [6.45, 7) is 8.38. The molecule has 0 aliphatic heterocycles. The third-order valence-corrected chi connectivity index (χ3v) is 3.32. The minimum atomic E-state index is 0.0510. The Bertz CT molecular complexity index is 371. The molecule has 0 aliphatic carbocycles. The topological polar surface area (TPSA) is 33.5 Å². The highest BCUT2D eigenvalue weighted by atomic mass is 16.3. The molecular weight excluding hydrogens is 226 g/mol. The van der Waals surface area contributed by atoms with E-state index in [-0.39, 0.29) is 18.0 Å². The Morgan fingerprint density at radius 3 is 2.39 bits per heavy atom. The van der Waals surface area contributed by atoms with E-state index in [2.05, 4.69) is 27.7 Å². The molecule has 0 aliphatic rings. The number of amides is 1. The monoisotopic (exact) mass is 249 g/mol. The first-order chi connectivity index (χ1) is 8.60. The zero-order valence-corrected chi connectivity index (χ0v) is 11.7. The Hall–Kier alpha value is -1.51. The lowest BCUT2D eigenvalue weighted by Crippen LogP contribution is -2.43. The van der Waals surface area contributed by atoms with Crippen LogP contribution in [-0.4, -0.2) is 22.9 Å². The van der Waals surface area contributed by atoms with Gasteiger partial charge >= 0.3 is 0 Å². The van der Waals surface area contributed by atoms with E-state index in [1.165, 1.54) is 0 Å². The van der Waals surface area contributed by atoms with Gasteiger partial charge in [0.05, 0.1) is 6.26 Å². The number of hydrogen-bond donors (Lipinski definition) is 0. The molecule has 0 aromatic carbocycles. The van der Waals surface area contributed by atoms with Crippen LogP contribution in [0.5, 0.6) is 0 Å². The first-order valence-electron chi connectivity index (χ1n) is 6.64. The maximum Gasteiger partial charge on any atom is 0.247 e. The van der Waals surface area contributed by atoms with E-state index in [1.54, 1.807) is 18.4 Å². The standard InChI is InChI=1S/C15H23NO2/c1-5-12(3)16(13(4)6-2)15(17)10-9-14-8-7-11-18-14/h7-13H,5-6H2,1-4H3. The average Bonchev–Trinajstić information content (AvgIpc) is 2.89. The fourth-order valence-electron chi connectivity index (χ4n) is 1.89. The van der Waals surface area contributed by atoms with Crippen molar-refractivity contribution < 1.29 is 9.21 Å². The molecule has 0 saturated heterocycles.